The van der Waals surface area contributed by atoms with Crippen molar-refractivity contribution in [2.24, 2.45) is 0 Å². The minimum absolute atomic E-state index is 0.138. The average molecular weight is 582 g/mol. The Hall–Kier alpha value is -4.51. The highest BCUT2D eigenvalue weighted by Gasteiger charge is 2.32. The molecule has 2 unspecified atom stereocenters. The summed E-state index contributed by atoms with van der Waals surface area (Å²) in [6.07, 6.45) is 2.45. The first-order valence-corrected chi connectivity index (χ1v) is 14.5. The fourth-order valence-electron chi connectivity index (χ4n) is 6.15. The van der Waals surface area contributed by atoms with Gasteiger partial charge >= 0.3 is 5.97 Å². The predicted molar refractivity (Wildman–Crippen MR) is 165 cm³/mol. The van der Waals surface area contributed by atoms with Crippen molar-refractivity contribution in [1.82, 2.24) is 15.3 Å². The van der Waals surface area contributed by atoms with Crippen molar-refractivity contribution >= 4 is 40.4 Å². The Morgan fingerprint density at radius 1 is 1.02 bits per heavy atom. The second-order valence-corrected chi connectivity index (χ2v) is 11.3. The van der Waals surface area contributed by atoms with Crippen LogP contribution in [0.15, 0.2) is 66.7 Å². The van der Waals surface area contributed by atoms with Crippen LogP contribution in [0, 0.1) is 6.92 Å². The molecule has 0 saturated carbocycles. The zero-order valence-electron chi connectivity index (χ0n) is 24.2. The lowest BCUT2D eigenvalue weighted by Crippen LogP contribution is -2.52. The minimum Gasteiger partial charge on any atom is -0.478 e. The standard InChI is InChI=1S/C33H35N5O5/c1-20-16-27-28(17-26(20)33(41)42)36-31(39)29(27)30(21-6-4-3-5-7-21)35-23-10-8-22(9-11-23)32(40)37(2)43-15-14-38-18-24-12-13-25(19-38)34-24/h3-11,16-17,24-25,34-35H,12-15,18-19H2,1-2H3,(H,36,39)(H,41,42)/b30-29-. The Balaban J connectivity index is 1.18. The van der Waals surface area contributed by atoms with Crippen LogP contribution >= 0.6 is 0 Å². The molecule has 43 heavy (non-hydrogen) atoms. The van der Waals surface area contributed by atoms with Gasteiger partial charge in [-0.25, -0.2) is 9.86 Å². The molecule has 0 radical (unpaired) electrons. The zero-order valence-corrected chi connectivity index (χ0v) is 24.2. The summed E-state index contributed by atoms with van der Waals surface area (Å²) in [5.41, 5.74) is 4.69. The van der Waals surface area contributed by atoms with Gasteiger partial charge in [0.25, 0.3) is 11.8 Å². The molecular weight excluding hydrogens is 546 g/mol. The van der Waals surface area contributed by atoms with Crippen LogP contribution in [0.3, 0.4) is 0 Å². The molecule has 3 aromatic carbocycles. The summed E-state index contributed by atoms with van der Waals surface area (Å²) < 4.78 is 0. The van der Waals surface area contributed by atoms with Crippen molar-refractivity contribution in [2.45, 2.75) is 31.8 Å². The first-order valence-electron chi connectivity index (χ1n) is 14.5. The lowest BCUT2D eigenvalue weighted by atomic mass is 9.96. The second kappa shape index (κ2) is 12.0. The zero-order chi connectivity index (χ0) is 30.1. The van der Waals surface area contributed by atoms with E-state index >= 15 is 0 Å². The van der Waals surface area contributed by atoms with Crippen LogP contribution in [0.2, 0.25) is 0 Å². The van der Waals surface area contributed by atoms with Gasteiger partial charge in [0.2, 0.25) is 0 Å². The molecule has 10 heteroatoms. The van der Waals surface area contributed by atoms with Crippen LogP contribution in [0.4, 0.5) is 11.4 Å². The van der Waals surface area contributed by atoms with E-state index in [4.69, 9.17) is 4.84 Å². The summed E-state index contributed by atoms with van der Waals surface area (Å²) in [6.45, 7) is 4.96. The van der Waals surface area contributed by atoms with Gasteiger partial charge in [-0.2, -0.15) is 0 Å². The van der Waals surface area contributed by atoms with Crippen molar-refractivity contribution < 1.29 is 24.3 Å². The molecule has 2 fully saturated rings. The third-order valence-electron chi connectivity index (χ3n) is 8.32. The Morgan fingerprint density at radius 3 is 2.40 bits per heavy atom. The third kappa shape index (κ3) is 6.03. The molecule has 2 bridgehead atoms. The van der Waals surface area contributed by atoms with Crippen LogP contribution in [0.25, 0.3) is 11.3 Å². The van der Waals surface area contributed by atoms with E-state index in [9.17, 15) is 19.5 Å². The molecule has 2 saturated heterocycles. The number of hydrogen-bond acceptors (Lipinski definition) is 7. The number of anilines is 2. The number of hydroxylamine groups is 2. The summed E-state index contributed by atoms with van der Waals surface area (Å²) >= 11 is 0. The summed E-state index contributed by atoms with van der Waals surface area (Å²) in [4.78, 5) is 46.1. The van der Waals surface area contributed by atoms with Crippen molar-refractivity contribution in [3.05, 3.63) is 94.5 Å². The van der Waals surface area contributed by atoms with Crippen LogP contribution in [0.5, 0.6) is 0 Å². The van der Waals surface area contributed by atoms with Gasteiger partial charge in [0, 0.05) is 55.6 Å². The smallest absolute Gasteiger partial charge is 0.336 e. The number of rotatable bonds is 9. The highest BCUT2D eigenvalue weighted by Crippen LogP contribution is 2.39. The van der Waals surface area contributed by atoms with E-state index in [0.29, 0.717) is 58.0 Å². The summed E-state index contributed by atoms with van der Waals surface area (Å²) in [5, 5.41) is 20.6. The molecule has 10 nitrogen and oxygen atoms in total. The fourth-order valence-corrected chi connectivity index (χ4v) is 6.15. The van der Waals surface area contributed by atoms with Gasteiger partial charge in [0.15, 0.2) is 0 Å². The average Bonchev–Trinajstić information content (AvgIpc) is 3.51. The number of carbonyl (C=O) groups is 3. The molecular formula is C33H35N5O5. The van der Waals surface area contributed by atoms with Gasteiger partial charge in [0.1, 0.15) is 0 Å². The largest absolute Gasteiger partial charge is 0.478 e. The molecule has 2 atom stereocenters. The topological polar surface area (TPSA) is 123 Å². The number of carbonyl (C=O) groups excluding carboxylic acids is 2. The van der Waals surface area contributed by atoms with Crippen molar-refractivity contribution in [3.63, 3.8) is 0 Å². The molecule has 3 aliphatic rings. The van der Waals surface area contributed by atoms with E-state index in [1.165, 1.54) is 24.0 Å². The highest BCUT2D eigenvalue weighted by atomic mass is 16.7. The predicted octanol–water partition coefficient (Wildman–Crippen LogP) is 4.07. The maximum absolute atomic E-state index is 13.2. The number of aromatic carboxylic acids is 1. The van der Waals surface area contributed by atoms with Crippen molar-refractivity contribution in [3.8, 4) is 0 Å². The number of nitrogens with one attached hydrogen (secondary N) is 3. The van der Waals surface area contributed by atoms with Crippen molar-refractivity contribution in [1.29, 1.82) is 0 Å². The van der Waals surface area contributed by atoms with E-state index in [-0.39, 0.29) is 17.4 Å². The van der Waals surface area contributed by atoms with Gasteiger partial charge in [-0.3, -0.25) is 19.3 Å². The fraction of sp³-hybridized carbons (Fsp3) is 0.303. The summed E-state index contributed by atoms with van der Waals surface area (Å²) in [5.74, 6) is -1.63. The van der Waals surface area contributed by atoms with Gasteiger partial charge in [-0.15, -0.1) is 0 Å². The number of amides is 2. The van der Waals surface area contributed by atoms with Gasteiger partial charge < -0.3 is 21.1 Å². The molecule has 4 N–H and O–H groups in total. The first kappa shape index (κ1) is 28.6. The lowest BCUT2D eigenvalue weighted by Gasteiger charge is -2.32. The van der Waals surface area contributed by atoms with Gasteiger partial charge in [-0.1, -0.05) is 30.3 Å². The second-order valence-electron chi connectivity index (χ2n) is 11.3. The Bertz CT molecular complexity index is 1580. The molecule has 2 amide bonds. The molecule has 3 heterocycles. The molecule has 3 aliphatic heterocycles. The van der Waals surface area contributed by atoms with E-state index in [2.05, 4.69) is 20.9 Å². The molecule has 0 aliphatic carbocycles. The van der Waals surface area contributed by atoms with Gasteiger partial charge in [0.05, 0.1) is 29.1 Å². The summed E-state index contributed by atoms with van der Waals surface area (Å²) in [7, 11) is 1.63. The quantitative estimate of drug-likeness (QED) is 0.220. The number of piperazine rings is 1. The lowest BCUT2D eigenvalue weighted by molar-refractivity contribution is -0.111. The molecule has 3 aromatic rings. The number of fused-ring (bicyclic) bond motifs is 3. The number of carboxylic acids is 1. The first-order chi connectivity index (χ1) is 20.8. The van der Waals surface area contributed by atoms with Crippen LogP contribution < -0.4 is 16.0 Å². The summed E-state index contributed by atoms with van der Waals surface area (Å²) in [6, 6.07) is 20.8. The molecule has 222 valence electrons. The SMILES string of the molecule is Cc1cc2c(cc1C(=O)O)NC(=O)/C2=C(\Nc1ccc(C(=O)N(C)OCCN2CC3CCC(C2)N3)cc1)c1ccccc1. The van der Waals surface area contributed by atoms with Crippen molar-refractivity contribution in [2.75, 3.05) is 43.9 Å². The number of benzene rings is 3. The van der Waals surface area contributed by atoms with Crippen LogP contribution in [-0.4, -0.2) is 78.2 Å². The Morgan fingerprint density at radius 2 is 1.72 bits per heavy atom. The van der Waals surface area contributed by atoms with E-state index in [1.807, 2.05) is 30.3 Å². The third-order valence-corrected chi connectivity index (χ3v) is 8.32. The minimum atomic E-state index is -1.05. The molecule has 0 spiro atoms. The molecule has 0 aromatic heterocycles. The Kier molecular flexibility index (Phi) is 7.98. The highest BCUT2D eigenvalue weighted by molar-refractivity contribution is 6.37. The maximum Gasteiger partial charge on any atom is 0.336 e. The monoisotopic (exact) mass is 581 g/mol. The molecule has 6 rings (SSSR count). The number of carboxylic acid groups (broad SMARTS) is 1. The van der Waals surface area contributed by atoms with E-state index in [0.717, 1.165) is 25.2 Å². The number of likely N-dealkylation sites (tertiary alicyclic amines) is 1. The van der Waals surface area contributed by atoms with Crippen LogP contribution in [0.1, 0.15) is 50.2 Å². The number of aryl methyl sites for hydroxylation is 1. The normalized spacial score (nSPS) is 20.4. The Labute approximate surface area is 250 Å². The number of nitrogens with zero attached hydrogens (tertiary/aromatic N) is 2. The van der Waals surface area contributed by atoms with E-state index in [1.54, 1.807) is 44.3 Å². The van der Waals surface area contributed by atoms with Crippen LogP contribution in [-0.2, 0) is 9.63 Å². The van der Waals surface area contributed by atoms with E-state index < -0.39 is 5.97 Å². The number of hydrogen-bond donors (Lipinski definition) is 4. The maximum atomic E-state index is 13.2. The van der Waals surface area contributed by atoms with Gasteiger partial charge in [-0.05, 0) is 67.3 Å².